The van der Waals surface area contributed by atoms with E-state index in [1.54, 1.807) is 0 Å². The predicted molar refractivity (Wildman–Crippen MR) is 111 cm³/mol. The fraction of sp³-hybridized carbons (Fsp3) is 0.522. The molecule has 0 N–H and O–H groups in total. The molecule has 2 atom stereocenters. The van der Waals surface area contributed by atoms with Crippen LogP contribution in [0, 0.1) is 11.8 Å². The Morgan fingerprint density at radius 3 is 2.43 bits per heavy atom. The number of oxime groups is 1. The van der Waals surface area contributed by atoms with E-state index in [0.717, 1.165) is 17.6 Å². The average molecular weight is 386 g/mol. The van der Waals surface area contributed by atoms with Crippen molar-refractivity contribution in [1.29, 1.82) is 0 Å². The van der Waals surface area contributed by atoms with Crippen LogP contribution in [0.3, 0.4) is 0 Å². The monoisotopic (exact) mass is 385 g/mol. The Morgan fingerprint density at radius 2 is 1.89 bits per heavy atom. The lowest BCUT2D eigenvalue weighted by atomic mass is 9.74. The molecule has 1 aliphatic carbocycles. The summed E-state index contributed by atoms with van der Waals surface area (Å²) in [5, 5.41) is 4.24. The number of carbonyl (C=O) groups is 2. The minimum atomic E-state index is -0.477. The van der Waals surface area contributed by atoms with E-state index in [4.69, 9.17) is 9.57 Å². The summed E-state index contributed by atoms with van der Waals surface area (Å²) in [7, 11) is 0. The summed E-state index contributed by atoms with van der Waals surface area (Å²) in [4.78, 5) is 30.6. The largest absolute Gasteiger partial charge is 0.458 e. The van der Waals surface area contributed by atoms with Crippen molar-refractivity contribution in [3.05, 3.63) is 41.5 Å². The maximum Gasteiger partial charge on any atom is 0.303 e. The number of nitrogens with zero attached hydrogens (tertiary/aromatic N) is 1. The summed E-state index contributed by atoms with van der Waals surface area (Å²) in [6, 6.07) is 9.64. The number of carbonyl (C=O) groups excluding carboxylic acids is 2. The Hall–Kier alpha value is -2.43. The third-order valence-electron chi connectivity index (χ3n) is 4.78. The number of allylic oxidation sites excluding steroid dienone is 1. The quantitative estimate of drug-likeness (QED) is 0.366. The molecule has 0 saturated heterocycles. The first-order chi connectivity index (χ1) is 13.4. The lowest BCUT2D eigenvalue weighted by molar-refractivity contribution is -0.145. The maximum absolute atomic E-state index is 13.5. The molecule has 0 spiro atoms. The summed E-state index contributed by atoms with van der Waals surface area (Å²) in [5.41, 5.74) is 2.76. The number of hydrogen-bond acceptors (Lipinski definition) is 5. The molecule has 2 unspecified atom stereocenters. The second kappa shape index (κ2) is 10.2. The van der Waals surface area contributed by atoms with Gasteiger partial charge in [0.25, 0.3) is 0 Å². The van der Waals surface area contributed by atoms with Crippen LogP contribution >= 0.6 is 0 Å². The van der Waals surface area contributed by atoms with Gasteiger partial charge in [-0.15, -0.1) is 0 Å². The number of ether oxygens (including phenoxy) is 1. The maximum atomic E-state index is 13.5. The molecule has 1 aromatic rings. The summed E-state index contributed by atoms with van der Waals surface area (Å²) < 4.78 is 5.70. The molecule has 0 heterocycles. The summed E-state index contributed by atoms with van der Waals surface area (Å²) in [6.07, 6.45) is 1.32. The molecule has 5 nitrogen and oxygen atoms in total. The zero-order valence-electron chi connectivity index (χ0n) is 17.5. The Kier molecular flexibility index (Phi) is 7.97. The number of rotatable bonds is 8. The summed E-state index contributed by atoms with van der Waals surface area (Å²) >= 11 is 0. The number of esters is 1. The second-order valence-corrected chi connectivity index (χ2v) is 7.49. The van der Waals surface area contributed by atoms with Gasteiger partial charge in [-0.3, -0.25) is 9.59 Å². The van der Waals surface area contributed by atoms with Crippen molar-refractivity contribution < 1.29 is 19.2 Å². The molecule has 152 valence electrons. The van der Waals surface area contributed by atoms with Crippen LogP contribution < -0.4 is 0 Å². The molecular weight excluding hydrogens is 354 g/mol. The van der Waals surface area contributed by atoms with Crippen molar-refractivity contribution >= 4 is 23.0 Å². The molecule has 0 aliphatic heterocycles. The molecular formula is C23H31NO4. The van der Waals surface area contributed by atoms with Gasteiger partial charge in [0.05, 0.1) is 11.3 Å². The van der Waals surface area contributed by atoms with E-state index in [0.29, 0.717) is 36.7 Å². The van der Waals surface area contributed by atoms with Gasteiger partial charge in [-0.2, -0.15) is 0 Å². The van der Waals surface area contributed by atoms with E-state index >= 15 is 0 Å². The van der Waals surface area contributed by atoms with Crippen molar-refractivity contribution in [2.45, 2.75) is 60.0 Å². The molecule has 1 aromatic carbocycles. The molecule has 0 fully saturated rings. The van der Waals surface area contributed by atoms with Crippen molar-refractivity contribution in [3.8, 4) is 0 Å². The molecule has 0 radical (unpaired) electrons. The molecule has 1 aliphatic rings. The summed E-state index contributed by atoms with van der Waals surface area (Å²) in [6.45, 7) is 9.83. The molecule has 5 heteroatoms. The third-order valence-corrected chi connectivity index (χ3v) is 4.78. The lowest BCUT2D eigenvalue weighted by Crippen LogP contribution is -2.36. The van der Waals surface area contributed by atoms with Crippen LogP contribution in [0.1, 0.15) is 59.4 Å². The van der Waals surface area contributed by atoms with Gasteiger partial charge in [0.2, 0.25) is 0 Å². The number of benzene rings is 1. The third kappa shape index (κ3) is 5.31. The van der Waals surface area contributed by atoms with Crippen LogP contribution in [-0.2, 0) is 19.2 Å². The van der Waals surface area contributed by atoms with Crippen molar-refractivity contribution in [3.63, 3.8) is 0 Å². The molecule has 0 bridgehead atoms. The molecule has 0 saturated carbocycles. The van der Waals surface area contributed by atoms with E-state index in [-0.39, 0.29) is 17.7 Å². The van der Waals surface area contributed by atoms with Crippen LogP contribution in [0.4, 0.5) is 0 Å². The smallest absolute Gasteiger partial charge is 0.303 e. The highest BCUT2D eigenvalue weighted by Gasteiger charge is 2.39. The van der Waals surface area contributed by atoms with Crippen molar-refractivity contribution in [2.24, 2.45) is 17.0 Å². The van der Waals surface area contributed by atoms with E-state index in [2.05, 4.69) is 19.0 Å². The Labute approximate surface area is 167 Å². The predicted octanol–water partition coefficient (Wildman–Crippen LogP) is 4.81. The zero-order chi connectivity index (χ0) is 20.7. The fourth-order valence-corrected chi connectivity index (χ4v) is 3.74. The topological polar surface area (TPSA) is 65.0 Å². The molecule has 0 aromatic heterocycles. The normalized spacial score (nSPS) is 20.5. The number of hydrogen-bond donors (Lipinski definition) is 0. The van der Waals surface area contributed by atoms with E-state index in [1.807, 2.05) is 44.2 Å². The minimum absolute atomic E-state index is 0.0660. The number of ketones is 1. The van der Waals surface area contributed by atoms with E-state index in [1.165, 1.54) is 6.92 Å². The van der Waals surface area contributed by atoms with Gasteiger partial charge in [-0.1, -0.05) is 56.3 Å². The number of Topliss-reactive ketones (excluding diaryl/α,β-unsaturated/α-hetero) is 1. The first-order valence-corrected chi connectivity index (χ1v) is 10.1. The van der Waals surface area contributed by atoms with Gasteiger partial charge in [0.15, 0.2) is 5.78 Å². The van der Waals surface area contributed by atoms with Crippen molar-refractivity contribution in [1.82, 2.24) is 0 Å². The van der Waals surface area contributed by atoms with E-state index in [9.17, 15) is 9.59 Å². The van der Waals surface area contributed by atoms with Gasteiger partial charge in [0.1, 0.15) is 12.7 Å². The first kappa shape index (κ1) is 21.9. The van der Waals surface area contributed by atoms with Crippen LogP contribution in [0.25, 0.3) is 5.57 Å². The van der Waals surface area contributed by atoms with Gasteiger partial charge >= 0.3 is 5.97 Å². The summed E-state index contributed by atoms with van der Waals surface area (Å²) in [5.74, 6) is -0.128. The van der Waals surface area contributed by atoms with Crippen LogP contribution in [0.2, 0.25) is 0 Å². The average Bonchev–Trinajstić information content (AvgIpc) is 2.65. The lowest BCUT2D eigenvalue weighted by Gasteiger charge is -2.33. The van der Waals surface area contributed by atoms with Gasteiger partial charge in [-0.05, 0) is 37.7 Å². The van der Waals surface area contributed by atoms with Crippen LogP contribution in [0.5, 0.6) is 0 Å². The zero-order valence-corrected chi connectivity index (χ0v) is 17.5. The Bertz CT molecular complexity index is 749. The Balaban J connectivity index is 2.70. The second-order valence-electron chi connectivity index (χ2n) is 7.49. The van der Waals surface area contributed by atoms with Gasteiger partial charge < -0.3 is 9.57 Å². The van der Waals surface area contributed by atoms with Gasteiger partial charge in [0, 0.05) is 18.4 Å². The highest BCUT2D eigenvalue weighted by Crippen LogP contribution is 2.39. The van der Waals surface area contributed by atoms with E-state index < -0.39 is 6.10 Å². The Morgan fingerprint density at radius 1 is 1.21 bits per heavy atom. The molecule has 2 rings (SSSR count). The van der Waals surface area contributed by atoms with Crippen LogP contribution in [-0.4, -0.2) is 30.2 Å². The SMILES string of the molecule is CCON=C(CC)C1=C(c2ccccc2)C(OC(C)=O)CC(CC(C)C)C1=O. The minimum Gasteiger partial charge on any atom is -0.458 e. The first-order valence-electron chi connectivity index (χ1n) is 10.1. The van der Waals surface area contributed by atoms with Gasteiger partial charge in [-0.25, -0.2) is 0 Å². The highest BCUT2D eigenvalue weighted by molar-refractivity contribution is 6.28. The highest BCUT2D eigenvalue weighted by atomic mass is 16.6. The molecule has 28 heavy (non-hydrogen) atoms. The molecule has 0 amide bonds. The fourth-order valence-electron chi connectivity index (χ4n) is 3.74. The van der Waals surface area contributed by atoms with Crippen molar-refractivity contribution in [2.75, 3.05) is 6.61 Å². The standard InChI is InChI=1S/C23H31NO4/c1-6-19(24-27-7-2)22-21(17-11-9-8-10-12-17)20(28-16(5)25)14-18(23(22)26)13-15(3)4/h8-12,15,18,20H,6-7,13-14H2,1-5H3. The van der Waals surface area contributed by atoms with Crippen LogP contribution in [0.15, 0.2) is 41.1 Å².